The standard InChI is InChI=1S/C10H9ClFIN2O3S/c11-7-2-8(13)10(14-3-7)15-4-6(1-9(15)16)5-19(12,17)18/h2-3,6H,1,4-5H2. The quantitative estimate of drug-likeness (QED) is 0.556. The zero-order valence-corrected chi connectivity index (χ0v) is 13.2. The van der Waals surface area contributed by atoms with Gasteiger partial charge in [0.2, 0.25) is 5.91 Å². The molecule has 0 saturated carbocycles. The van der Waals surface area contributed by atoms with E-state index in [0.29, 0.717) is 14.4 Å². The van der Waals surface area contributed by atoms with Crippen molar-refractivity contribution in [1.29, 1.82) is 0 Å². The van der Waals surface area contributed by atoms with Crippen LogP contribution >= 0.6 is 34.2 Å². The van der Waals surface area contributed by atoms with Crippen molar-refractivity contribution in [2.75, 3.05) is 17.2 Å². The van der Waals surface area contributed by atoms with E-state index in [2.05, 4.69) is 4.98 Å². The Morgan fingerprint density at radius 2 is 2.26 bits per heavy atom. The van der Waals surface area contributed by atoms with E-state index in [4.69, 9.17) is 11.6 Å². The first-order chi connectivity index (χ1) is 8.76. The number of amides is 1. The van der Waals surface area contributed by atoms with E-state index >= 15 is 0 Å². The molecule has 19 heavy (non-hydrogen) atoms. The SMILES string of the molecule is O=C1CC(CS(=O)(=O)F)CN1c1ncc(Cl)cc1I. The van der Waals surface area contributed by atoms with Crippen LogP contribution in [0.15, 0.2) is 12.3 Å². The van der Waals surface area contributed by atoms with Gasteiger partial charge in [-0.2, -0.15) is 8.42 Å². The van der Waals surface area contributed by atoms with Crippen molar-refractivity contribution in [3.05, 3.63) is 20.9 Å². The number of nitrogens with zero attached hydrogens (tertiary/aromatic N) is 2. The molecule has 1 atom stereocenters. The summed E-state index contributed by atoms with van der Waals surface area (Å²) in [5.74, 6) is -1.02. The normalized spacial score (nSPS) is 20.1. The molecule has 0 radical (unpaired) electrons. The minimum atomic E-state index is -4.58. The second kappa shape index (κ2) is 5.49. The summed E-state index contributed by atoms with van der Waals surface area (Å²) in [7, 11) is -4.58. The third kappa shape index (κ3) is 3.76. The van der Waals surface area contributed by atoms with Crippen LogP contribution in [0.1, 0.15) is 6.42 Å². The Balaban J connectivity index is 2.20. The summed E-state index contributed by atoms with van der Waals surface area (Å²) in [4.78, 5) is 17.3. The lowest BCUT2D eigenvalue weighted by Crippen LogP contribution is -2.27. The van der Waals surface area contributed by atoms with Gasteiger partial charge in [-0.25, -0.2) is 4.98 Å². The van der Waals surface area contributed by atoms with Gasteiger partial charge in [0.25, 0.3) is 0 Å². The molecule has 1 unspecified atom stereocenters. The zero-order chi connectivity index (χ0) is 14.2. The van der Waals surface area contributed by atoms with Crippen molar-refractivity contribution < 1.29 is 17.1 Å². The first-order valence-electron chi connectivity index (χ1n) is 5.30. The maximum absolute atomic E-state index is 12.6. The Hall–Kier alpha value is -0.480. The molecule has 1 fully saturated rings. The molecule has 1 aliphatic heterocycles. The van der Waals surface area contributed by atoms with Crippen molar-refractivity contribution in [2.24, 2.45) is 5.92 Å². The largest absolute Gasteiger partial charge is 0.302 e. The monoisotopic (exact) mass is 418 g/mol. The predicted octanol–water partition coefficient (Wildman–Crippen LogP) is 1.99. The Kier molecular flexibility index (Phi) is 4.31. The average molecular weight is 419 g/mol. The third-order valence-electron chi connectivity index (χ3n) is 2.68. The number of aromatic nitrogens is 1. The van der Waals surface area contributed by atoms with Gasteiger partial charge < -0.3 is 0 Å². The van der Waals surface area contributed by atoms with E-state index in [9.17, 15) is 17.1 Å². The Labute approximate surface area is 128 Å². The molecule has 9 heteroatoms. The topological polar surface area (TPSA) is 67.3 Å². The summed E-state index contributed by atoms with van der Waals surface area (Å²) in [6, 6.07) is 1.65. The molecule has 1 aromatic rings. The number of hydrogen-bond donors (Lipinski definition) is 0. The van der Waals surface area contributed by atoms with Gasteiger partial charge >= 0.3 is 10.2 Å². The fourth-order valence-corrected chi connectivity index (χ4v) is 3.88. The van der Waals surface area contributed by atoms with Crippen molar-refractivity contribution in [3.8, 4) is 0 Å². The van der Waals surface area contributed by atoms with Crippen LogP contribution in [0.5, 0.6) is 0 Å². The highest BCUT2D eigenvalue weighted by Crippen LogP contribution is 2.29. The fourth-order valence-electron chi connectivity index (χ4n) is 1.99. The fraction of sp³-hybridized carbons (Fsp3) is 0.400. The van der Waals surface area contributed by atoms with E-state index in [-0.39, 0.29) is 18.9 Å². The number of hydrogen-bond acceptors (Lipinski definition) is 4. The lowest BCUT2D eigenvalue weighted by molar-refractivity contribution is -0.117. The minimum absolute atomic E-state index is 0.00351. The van der Waals surface area contributed by atoms with Gasteiger partial charge in [-0.1, -0.05) is 11.6 Å². The van der Waals surface area contributed by atoms with E-state index in [1.54, 1.807) is 6.07 Å². The lowest BCUT2D eigenvalue weighted by atomic mass is 10.1. The summed E-state index contributed by atoms with van der Waals surface area (Å²) in [5.41, 5.74) is 0. The molecule has 2 heterocycles. The van der Waals surface area contributed by atoms with Crippen LogP contribution in [0.2, 0.25) is 5.02 Å². The van der Waals surface area contributed by atoms with Gasteiger partial charge in [0.1, 0.15) is 5.82 Å². The molecule has 1 amide bonds. The summed E-state index contributed by atoms with van der Waals surface area (Å²) in [5, 5.41) is 0.447. The van der Waals surface area contributed by atoms with Crippen molar-refractivity contribution in [2.45, 2.75) is 6.42 Å². The van der Waals surface area contributed by atoms with Gasteiger partial charge in [-0.15, -0.1) is 3.89 Å². The van der Waals surface area contributed by atoms with Crippen LogP contribution in [0.3, 0.4) is 0 Å². The van der Waals surface area contributed by atoms with Crippen LogP contribution in [0.25, 0.3) is 0 Å². The average Bonchev–Trinajstić information content (AvgIpc) is 2.56. The number of anilines is 1. The molecule has 1 aliphatic rings. The second-order valence-electron chi connectivity index (χ2n) is 4.24. The third-order valence-corrected chi connectivity index (χ3v) is 4.55. The maximum atomic E-state index is 12.6. The Morgan fingerprint density at radius 3 is 2.84 bits per heavy atom. The van der Waals surface area contributed by atoms with Crippen LogP contribution in [0, 0.1) is 9.49 Å². The first-order valence-corrected chi connectivity index (χ1v) is 8.31. The lowest BCUT2D eigenvalue weighted by Gasteiger charge is -2.16. The van der Waals surface area contributed by atoms with Crippen LogP contribution in [0.4, 0.5) is 9.70 Å². The zero-order valence-electron chi connectivity index (χ0n) is 9.51. The molecule has 0 aromatic carbocycles. The Morgan fingerprint density at radius 1 is 1.58 bits per heavy atom. The first kappa shape index (κ1) is 14.9. The van der Waals surface area contributed by atoms with Crippen molar-refractivity contribution in [3.63, 3.8) is 0 Å². The molecule has 0 spiro atoms. The van der Waals surface area contributed by atoms with Gasteiger partial charge in [0.15, 0.2) is 0 Å². The number of carbonyl (C=O) groups is 1. The maximum Gasteiger partial charge on any atom is 0.302 e. The van der Waals surface area contributed by atoms with E-state index < -0.39 is 21.9 Å². The van der Waals surface area contributed by atoms with E-state index in [0.717, 1.165) is 0 Å². The van der Waals surface area contributed by atoms with Crippen LogP contribution in [-0.4, -0.2) is 31.6 Å². The van der Waals surface area contributed by atoms with Crippen LogP contribution < -0.4 is 4.90 Å². The summed E-state index contributed by atoms with van der Waals surface area (Å²) in [6.07, 6.45) is 1.41. The van der Waals surface area contributed by atoms with Gasteiger partial charge in [-0.05, 0) is 28.7 Å². The van der Waals surface area contributed by atoms with Crippen molar-refractivity contribution in [1.82, 2.24) is 4.98 Å². The molecule has 0 aliphatic carbocycles. The van der Waals surface area contributed by atoms with Gasteiger partial charge in [0.05, 0.1) is 14.3 Å². The number of pyridine rings is 1. The number of halogens is 3. The number of carbonyl (C=O) groups excluding carboxylic acids is 1. The molecular weight excluding hydrogens is 410 g/mol. The molecular formula is C10H9ClFIN2O3S. The van der Waals surface area contributed by atoms with E-state index in [1.165, 1.54) is 11.1 Å². The Bertz CT molecular complexity index is 625. The smallest absolute Gasteiger partial charge is 0.296 e. The molecule has 0 N–H and O–H groups in total. The minimum Gasteiger partial charge on any atom is -0.296 e. The molecule has 1 aromatic heterocycles. The summed E-state index contributed by atoms with van der Waals surface area (Å²) < 4.78 is 34.6. The predicted molar refractivity (Wildman–Crippen MR) is 77.3 cm³/mol. The molecule has 2 rings (SSSR count). The highest BCUT2D eigenvalue weighted by Gasteiger charge is 2.35. The second-order valence-corrected chi connectivity index (χ2v) is 7.25. The van der Waals surface area contributed by atoms with Crippen molar-refractivity contribution >= 4 is 56.1 Å². The molecule has 1 saturated heterocycles. The molecule has 104 valence electrons. The van der Waals surface area contributed by atoms with E-state index in [1.807, 2.05) is 22.6 Å². The van der Waals surface area contributed by atoms with Crippen LogP contribution in [-0.2, 0) is 15.0 Å². The molecule has 0 bridgehead atoms. The highest BCUT2D eigenvalue weighted by molar-refractivity contribution is 14.1. The highest BCUT2D eigenvalue weighted by atomic mass is 127. The van der Waals surface area contributed by atoms with Gasteiger partial charge in [-0.3, -0.25) is 9.69 Å². The molecule has 5 nitrogen and oxygen atoms in total. The summed E-state index contributed by atoms with van der Waals surface area (Å²) in [6.45, 7) is 0.145. The number of rotatable bonds is 3. The summed E-state index contributed by atoms with van der Waals surface area (Å²) >= 11 is 7.76. The van der Waals surface area contributed by atoms with Gasteiger partial charge in [0, 0.05) is 25.1 Å².